The van der Waals surface area contributed by atoms with E-state index >= 15 is 0 Å². The number of hydrogen-bond acceptors (Lipinski definition) is 3. The number of rotatable bonds is 7. The number of nitrogens with one attached hydrogen (secondary N) is 1. The number of hydrogen-bond donors (Lipinski definition) is 1. The van der Waals surface area contributed by atoms with Gasteiger partial charge in [-0.2, -0.15) is 0 Å². The first-order chi connectivity index (χ1) is 12.5. The van der Waals surface area contributed by atoms with Gasteiger partial charge >= 0.3 is 0 Å². The first kappa shape index (κ1) is 18.9. The average molecular weight is 374 g/mol. The Morgan fingerprint density at radius 3 is 2.27 bits per heavy atom. The molecule has 1 N–H and O–H groups in total. The van der Waals surface area contributed by atoms with Crippen LogP contribution in [0.1, 0.15) is 49.1 Å². The molecule has 0 saturated heterocycles. The van der Waals surface area contributed by atoms with Crippen LogP contribution < -0.4 is 9.46 Å². The van der Waals surface area contributed by atoms with Crippen molar-refractivity contribution in [2.75, 3.05) is 13.2 Å². The predicted octanol–water partition coefficient (Wildman–Crippen LogP) is 4.40. The second-order valence-corrected chi connectivity index (χ2v) is 8.73. The van der Waals surface area contributed by atoms with Crippen molar-refractivity contribution in [2.45, 2.75) is 49.8 Å². The van der Waals surface area contributed by atoms with E-state index in [1.807, 2.05) is 19.1 Å². The van der Waals surface area contributed by atoms with Crippen LogP contribution in [0.25, 0.3) is 0 Å². The van der Waals surface area contributed by atoms with E-state index < -0.39 is 10.0 Å². The molecule has 0 bridgehead atoms. The molecule has 3 rings (SSSR count). The third kappa shape index (κ3) is 5.08. The molecule has 1 aliphatic rings. The molecule has 26 heavy (non-hydrogen) atoms. The van der Waals surface area contributed by atoms with Gasteiger partial charge in [-0.1, -0.05) is 49.1 Å². The summed E-state index contributed by atoms with van der Waals surface area (Å²) in [5.74, 6) is 1.46. The minimum absolute atomic E-state index is 0.237. The standard InChI is InChI=1S/C21H27NO3S/c1-17-7-13-21(14-8-17)26(23,24)22-15-16-25-20-11-9-19(10-12-20)18-5-3-2-4-6-18/h7-14,18,22H,2-6,15-16H2,1H3. The maximum atomic E-state index is 12.2. The summed E-state index contributed by atoms with van der Waals surface area (Å²) in [6.45, 7) is 2.46. The normalized spacial score (nSPS) is 15.7. The summed E-state index contributed by atoms with van der Waals surface area (Å²) in [6, 6.07) is 15.1. The van der Waals surface area contributed by atoms with Gasteiger partial charge in [0.2, 0.25) is 10.0 Å². The van der Waals surface area contributed by atoms with Gasteiger partial charge < -0.3 is 4.74 Å². The molecule has 0 atom stereocenters. The summed E-state index contributed by atoms with van der Waals surface area (Å²) in [5, 5.41) is 0. The molecule has 1 aliphatic carbocycles. The number of aryl methyl sites for hydroxylation is 1. The molecule has 0 heterocycles. The summed E-state index contributed by atoms with van der Waals surface area (Å²) < 4.78 is 32.7. The zero-order valence-electron chi connectivity index (χ0n) is 15.3. The Morgan fingerprint density at radius 2 is 1.62 bits per heavy atom. The lowest BCUT2D eigenvalue weighted by molar-refractivity contribution is 0.322. The quantitative estimate of drug-likeness (QED) is 0.732. The third-order valence-corrected chi connectivity index (χ3v) is 6.43. The lowest BCUT2D eigenvalue weighted by Gasteiger charge is -2.22. The lowest BCUT2D eigenvalue weighted by atomic mass is 9.84. The minimum Gasteiger partial charge on any atom is -0.492 e. The minimum atomic E-state index is -3.48. The lowest BCUT2D eigenvalue weighted by Crippen LogP contribution is -2.28. The second kappa shape index (κ2) is 8.69. The number of benzene rings is 2. The van der Waals surface area contributed by atoms with Gasteiger partial charge in [-0.25, -0.2) is 13.1 Å². The SMILES string of the molecule is Cc1ccc(S(=O)(=O)NCCOc2ccc(C3CCCCC3)cc2)cc1. The molecule has 140 valence electrons. The largest absolute Gasteiger partial charge is 0.492 e. The summed E-state index contributed by atoms with van der Waals surface area (Å²) in [7, 11) is -3.48. The van der Waals surface area contributed by atoms with E-state index in [1.165, 1.54) is 37.7 Å². The molecule has 0 aromatic heterocycles. The summed E-state index contributed by atoms with van der Waals surface area (Å²) in [4.78, 5) is 0.278. The van der Waals surface area contributed by atoms with Crippen LogP contribution in [0.2, 0.25) is 0 Å². The molecule has 5 heteroatoms. The molecule has 0 spiro atoms. The topological polar surface area (TPSA) is 55.4 Å². The van der Waals surface area contributed by atoms with E-state index in [-0.39, 0.29) is 11.4 Å². The van der Waals surface area contributed by atoms with E-state index in [1.54, 1.807) is 24.3 Å². The van der Waals surface area contributed by atoms with Crippen molar-refractivity contribution in [1.29, 1.82) is 0 Å². The zero-order valence-corrected chi connectivity index (χ0v) is 16.1. The Hall–Kier alpha value is -1.85. The van der Waals surface area contributed by atoms with Gasteiger partial charge in [-0.15, -0.1) is 0 Å². The Morgan fingerprint density at radius 1 is 0.962 bits per heavy atom. The van der Waals surface area contributed by atoms with Crippen LogP contribution in [-0.2, 0) is 10.0 Å². The highest BCUT2D eigenvalue weighted by molar-refractivity contribution is 7.89. The fraction of sp³-hybridized carbons (Fsp3) is 0.429. The van der Waals surface area contributed by atoms with Gasteiger partial charge in [0.05, 0.1) is 4.90 Å². The van der Waals surface area contributed by atoms with Crippen molar-refractivity contribution < 1.29 is 13.2 Å². The molecule has 1 fully saturated rings. The van der Waals surface area contributed by atoms with Crippen molar-refractivity contribution in [3.05, 3.63) is 59.7 Å². The van der Waals surface area contributed by atoms with E-state index in [9.17, 15) is 8.42 Å². The number of sulfonamides is 1. The maximum absolute atomic E-state index is 12.2. The van der Waals surface area contributed by atoms with Crippen LogP contribution in [0, 0.1) is 6.92 Å². The van der Waals surface area contributed by atoms with Gasteiger partial charge in [0, 0.05) is 6.54 Å². The molecular formula is C21H27NO3S. The van der Waals surface area contributed by atoms with Crippen molar-refractivity contribution in [2.24, 2.45) is 0 Å². The number of ether oxygens (including phenoxy) is 1. The van der Waals surface area contributed by atoms with Gasteiger partial charge in [-0.05, 0) is 55.5 Å². The van der Waals surface area contributed by atoms with Gasteiger partial charge in [0.1, 0.15) is 12.4 Å². The maximum Gasteiger partial charge on any atom is 0.240 e. The third-order valence-electron chi connectivity index (χ3n) is 4.95. The van der Waals surface area contributed by atoms with Crippen LogP contribution in [0.15, 0.2) is 53.4 Å². The Kier molecular flexibility index (Phi) is 6.33. The van der Waals surface area contributed by atoms with Gasteiger partial charge in [0.15, 0.2) is 0 Å². The molecule has 4 nitrogen and oxygen atoms in total. The summed E-state index contributed by atoms with van der Waals surface area (Å²) in [5.41, 5.74) is 2.42. The molecule has 0 aliphatic heterocycles. The van der Waals surface area contributed by atoms with Crippen molar-refractivity contribution in [3.63, 3.8) is 0 Å². The first-order valence-electron chi connectivity index (χ1n) is 9.34. The molecule has 2 aromatic rings. The van der Waals surface area contributed by atoms with E-state index in [2.05, 4.69) is 16.9 Å². The molecule has 1 saturated carbocycles. The van der Waals surface area contributed by atoms with E-state index in [4.69, 9.17) is 4.74 Å². The second-order valence-electron chi connectivity index (χ2n) is 6.96. The fourth-order valence-corrected chi connectivity index (χ4v) is 4.43. The monoisotopic (exact) mass is 373 g/mol. The molecule has 0 radical (unpaired) electrons. The van der Waals surface area contributed by atoms with Crippen LogP contribution in [0.4, 0.5) is 0 Å². The molecular weight excluding hydrogens is 346 g/mol. The smallest absolute Gasteiger partial charge is 0.240 e. The molecule has 0 unspecified atom stereocenters. The van der Waals surface area contributed by atoms with Crippen molar-refractivity contribution in [3.8, 4) is 5.75 Å². The molecule has 0 amide bonds. The van der Waals surface area contributed by atoms with Crippen LogP contribution >= 0.6 is 0 Å². The fourth-order valence-electron chi connectivity index (χ4n) is 3.42. The van der Waals surface area contributed by atoms with Crippen LogP contribution in [0.5, 0.6) is 5.75 Å². The average Bonchev–Trinajstić information content (AvgIpc) is 2.67. The molecule has 2 aromatic carbocycles. The highest BCUT2D eigenvalue weighted by Gasteiger charge is 2.15. The first-order valence-corrected chi connectivity index (χ1v) is 10.8. The highest BCUT2D eigenvalue weighted by Crippen LogP contribution is 2.33. The predicted molar refractivity (Wildman–Crippen MR) is 104 cm³/mol. The van der Waals surface area contributed by atoms with E-state index in [0.717, 1.165) is 11.3 Å². The summed E-state index contributed by atoms with van der Waals surface area (Å²) in [6.07, 6.45) is 6.56. The van der Waals surface area contributed by atoms with E-state index in [0.29, 0.717) is 12.5 Å². The Labute approximate surface area is 156 Å². The highest BCUT2D eigenvalue weighted by atomic mass is 32.2. The zero-order chi connectivity index (χ0) is 18.4. The Balaban J connectivity index is 1.46. The summed E-state index contributed by atoms with van der Waals surface area (Å²) >= 11 is 0. The van der Waals surface area contributed by atoms with Gasteiger partial charge in [0.25, 0.3) is 0 Å². The Bertz CT molecular complexity index is 792. The van der Waals surface area contributed by atoms with Crippen LogP contribution in [-0.4, -0.2) is 21.6 Å². The van der Waals surface area contributed by atoms with Crippen molar-refractivity contribution >= 4 is 10.0 Å². The van der Waals surface area contributed by atoms with Crippen molar-refractivity contribution in [1.82, 2.24) is 4.72 Å². The van der Waals surface area contributed by atoms with Crippen LogP contribution in [0.3, 0.4) is 0 Å². The van der Waals surface area contributed by atoms with Gasteiger partial charge in [-0.3, -0.25) is 0 Å².